The fourth-order valence-electron chi connectivity index (χ4n) is 2.95. The van der Waals surface area contributed by atoms with Crippen LogP contribution in [0, 0.1) is 0 Å². The molecule has 0 atom stereocenters. The van der Waals surface area contributed by atoms with E-state index in [2.05, 4.69) is 0 Å². The molecule has 0 aliphatic carbocycles. The Morgan fingerprint density at radius 1 is 0.643 bits per heavy atom. The minimum atomic E-state index is -0.254. The monoisotopic (exact) mass is 383 g/mol. The lowest BCUT2D eigenvalue weighted by Crippen LogP contribution is -2.33. The van der Waals surface area contributed by atoms with Crippen molar-refractivity contribution >= 4 is 11.8 Å². The van der Waals surface area contributed by atoms with Crippen LogP contribution < -0.4 is 0 Å². The van der Waals surface area contributed by atoms with Crippen LogP contribution in [0.25, 0.3) is 0 Å². The first kappa shape index (κ1) is 20.2. The first-order valence-corrected chi connectivity index (χ1v) is 9.50. The van der Waals surface area contributed by atoms with Crippen molar-refractivity contribution in [1.29, 1.82) is 0 Å². The Labute approximate surface area is 165 Å². The predicted octanol–water partition coefficient (Wildman–Crippen LogP) is 2.92. The van der Waals surface area contributed by atoms with Crippen molar-refractivity contribution < 1.29 is 23.8 Å². The molecule has 1 aliphatic heterocycles. The van der Waals surface area contributed by atoms with Crippen molar-refractivity contribution in [1.82, 2.24) is 4.90 Å². The smallest absolute Gasteiger partial charge is 0.261 e. The van der Waals surface area contributed by atoms with Crippen molar-refractivity contribution in [3.05, 3.63) is 71.3 Å². The van der Waals surface area contributed by atoms with Gasteiger partial charge >= 0.3 is 0 Å². The maximum atomic E-state index is 12.2. The number of carbonyl (C=O) groups excluding carboxylic acids is 2. The summed E-state index contributed by atoms with van der Waals surface area (Å²) in [4.78, 5) is 25.6. The molecule has 0 saturated carbocycles. The molecule has 0 fully saturated rings. The highest BCUT2D eigenvalue weighted by molar-refractivity contribution is 6.21. The number of carbonyl (C=O) groups is 2. The Kier molecular flexibility index (Phi) is 7.72. The van der Waals surface area contributed by atoms with E-state index < -0.39 is 0 Å². The van der Waals surface area contributed by atoms with E-state index >= 15 is 0 Å². The Balaban J connectivity index is 1.18. The third-order valence-corrected chi connectivity index (χ3v) is 4.40. The van der Waals surface area contributed by atoms with E-state index in [9.17, 15) is 9.59 Å². The number of rotatable bonds is 12. The molecule has 1 aliphatic rings. The molecule has 6 nitrogen and oxygen atoms in total. The summed E-state index contributed by atoms with van der Waals surface area (Å²) in [5, 5.41) is 0. The summed E-state index contributed by atoms with van der Waals surface area (Å²) in [5.41, 5.74) is 2.09. The topological polar surface area (TPSA) is 65.1 Å². The first-order valence-electron chi connectivity index (χ1n) is 9.50. The van der Waals surface area contributed by atoms with Crippen molar-refractivity contribution in [3.63, 3.8) is 0 Å². The molecule has 6 heteroatoms. The summed E-state index contributed by atoms with van der Waals surface area (Å²) >= 11 is 0. The average Bonchev–Trinajstić information content (AvgIpc) is 2.97. The number of benzene rings is 2. The molecule has 0 radical (unpaired) electrons. The molecule has 2 aromatic rings. The van der Waals surface area contributed by atoms with Crippen LogP contribution >= 0.6 is 0 Å². The largest absolute Gasteiger partial charge is 0.379 e. The highest BCUT2D eigenvalue weighted by Crippen LogP contribution is 2.21. The number of hydrogen-bond acceptors (Lipinski definition) is 5. The van der Waals surface area contributed by atoms with Gasteiger partial charge in [0.1, 0.15) is 0 Å². The van der Waals surface area contributed by atoms with E-state index in [0.717, 1.165) is 12.0 Å². The van der Waals surface area contributed by atoms with Gasteiger partial charge in [-0.1, -0.05) is 42.5 Å². The maximum Gasteiger partial charge on any atom is 0.261 e. The van der Waals surface area contributed by atoms with Gasteiger partial charge in [0.05, 0.1) is 44.1 Å². The van der Waals surface area contributed by atoms with Crippen LogP contribution in [0.4, 0.5) is 0 Å². The zero-order valence-corrected chi connectivity index (χ0v) is 15.8. The molecule has 0 N–H and O–H groups in total. The van der Waals surface area contributed by atoms with Gasteiger partial charge in [0.15, 0.2) is 0 Å². The van der Waals surface area contributed by atoms with Crippen molar-refractivity contribution in [2.45, 2.75) is 13.0 Å². The molecule has 148 valence electrons. The lowest BCUT2D eigenvalue weighted by molar-refractivity contribution is 0.0270. The maximum absolute atomic E-state index is 12.2. The molecule has 2 amide bonds. The predicted molar refractivity (Wildman–Crippen MR) is 104 cm³/mol. The number of nitrogens with zero attached hydrogens (tertiary/aromatic N) is 1. The van der Waals surface area contributed by atoms with Gasteiger partial charge in [-0.25, -0.2) is 0 Å². The van der Waals surface area contributed by atoms with E-state index in [1.807, 2.05) is 30.3 Å². The second-order valence-electron chi connectivity index (χ2n) is 6.42. The molecule has 0 unspecified atom stereocenters. The molecular weight excluding hydrogens is 358 g/mol. The molecule has 0 aromatic heterocycles. The molecular formula is C22H25NO5. The molecule has 28 heavy (non-hydrogen) atoms. The lowest BCUT2D eigenvalue weighted by Gasteiger charge is -2.13. The Morgan fingerprint density at radius 3 is 1.89 bits per heavy atom. The van der Waals surface area contributed by atoms with Crippen LogP contribution in [0.2, 0.25) is 0 Å². The molecule has 3 rings (SSSR count). The quantitative estimate of drug-likeness (QED) is 0.417. The number of imide groups is 1. The molecule has 2 aromatic carbocycles. The minimum absolute atomic E-state index is 0.250. The van der Waals surface area contributed by atoms with E-state index in [1.54, 1.807) is 24.3 Å². The Bertz CT molecular complexity index is 743. The summed E-state index contributed by atoms with van der Waals surface area (Å²) < 4.78 is 16.6. The number of amides is 2. The van der Waals surface area contributed by atoms with Crippen molar-refractivity contribution in [2.75, 3.05) is 39.6 Å². The van der Waals surface area contributed by atoms with Crippen LogP contribution in [-0.2, 0) is 20.8 Å². The van der Waals surface area contributed by atoms with Crippen LogP contribution in [0.1, 0.15) is 32.7 Å². The normalized spacial score (nSPS) is 13.2. The minimum Gasteiger partial charge on any atom is -0.379 e. The SMILES string of the molecule is O=C1c2ccccc2C(=O)N1CCOCCOCCCOCc1ccccc1. The third-order valence-electron chi connectivity index (χ3n) is 4.40. The molecule has 0 spiro atoms. The summed E-state index contributed by atoms with van der Waals surface area (Å²) in [6.07, 6.45) is 0.821. The van der Waals surface area contributed by atoms with Crippen LogP contribution in [0.5, 0.6) is 0 Å². The van der Waals surface area contributed by atoms with Crippen LogP contribution in [0.3, 0.4) is 0 Å². The first-order chi connectivity index (χ1) is 13.8. The van der Waals surface area contributed by atoms with Gasteiger partial charge in [0.2, 0.25) is 0 Å². The van der Waals surface area contributed by atoms with E-state index in [4.69, 9.17) is 14.2 Å². The van der Waals surface area contributed by atoms with Gasteiger partial charge in [-0.2, -0.15) is 0 Å². The summed E-state index contributed by atoms with van der Waals surface area (Å²) in [7, 11) is 0. The van der Waals surface area contributed by atoms with Crippen molar-refractivity contribution in [3.8, 4) is 0 Å². The molecule has 0 saturated heterocycles. The van der Waals surface area contributed by atoms with E-state index in [-0.39, 0.29) is 18.4 Å². The second-order valence-corrected chi connectivity index (χ2v) is 6.42. The van der Waals surface area contributed by atoms with Gasteiger partial charge in [0.25, 0.3) is 11.8 Å². The van der Waals surface area contributed by atoms with Crippen LogP contribution in [0.15, 0.2) is 54.6 Å². The Hall–Kier alpha value is -2.54. The fourth-order valence-corrected chi connectivity index (χ4v) is 2.95. The molecule has 1 heterocycles. The number of fused-ring (bicyclic) bond motifs is 1. The average molecular weight is 383 g/mol. The van der Waals surface area contributed by atoms with E-state index in [1.165, 1.54) is 4.90 Å². The summed E-state index contributed by atoms with van der Waals surface area (Å²) in [6, 6.07) is 16.9. The second kappa shape index (κ2) is 10.7. The Morgan fingerprint density at radius 2 is 1.21 bits per heavy atom. The number of hydrogen-bond donors (Lipinski definition) is 0. The third kappa shape index (κ3) is 5.48. The zero-order valence-electron chi connectivity index (χ0n) is 15.8. The van der Waals surface area contributed by atoms with Gasteiger partial charge in [-0.15, -0.1) is 0 Å². The van der Waals surface area contributed by atoms with E-state index in [0.29, 0.717) is 50.8 Å². The van der Waals surface area contributed by atoms with Crippen LogP contribution in [-0.4, -0.2) is 56.3 Å². The van der Waals surface area contributed by atoms with Gasteiger partial charge in [-0.05, 0) is 24.1 Å². The van der Waals surface area contributed by atoms with Gasteiger partial charge < -0.3 is 14.2 Å². The summed E-state index contributed by atoms with van der Waals surface area (Å²) in [6.45, 7) is 3.32. The standard InChI is InChI=1S/C22H25NO5/c24-21-19-9-4-5-10-20(19)22(25)23(21)11-14-27-16-15-26-12-6-13-28-17-18-7-2-1-3-8-18/h1-5,7-10H,6,11-17H2. The highest BCUT2D eigenvalue weighted by Gasteiger charge is 2.34. The van der Waals surface area contributed by atoms with Crippen molar-refractivity contribution in [2.24, 2.45) is 0 Å². The van der Waals surface area contributed by atoms with Gasteiger partial charge in [0, 0.05) is 13.2 Å². The summed E-state index contributed by atoms with van der Waals surface area (Å²) in [5.74, 6) is -0.507. The zero-order chi connectivity index (χ0) is 19.6. The lowest BCUT2D eigenvalue weighted by atomic mass is 10.1. The number of ether oxygens (including phenoxy) is 3. The highest BCUT2D eigenvalue weighted by atomic mass is 16.5. The van der Waals surface area contributed by atoms with Gasteiger partial charge in [-0.3, -0.25) is 14.5 Å². The molecule has 0 bridgehead atoms. The fraction of sp³-hybridized carbons (Fsp3) is 0.364.